The van der Waals surface area contributed by atoms with Gasteiger partial charge >= 0.3 is 0 Å². The number of H-pyrrole nitrogens is 1. The van der Waals surface area contributed by atoms with E-state index < -0.39 is 0 Å². The molecule has 0 atom stereocenters. The summed E-state index contributed by atoms with van der Waals surface area (Å²) in [4.78, 5) is 8.15. The Labute approximate surface area is 69.4 Å². The Morgan fingerprint density at radius 3 is 3.25 bits per heavy atom. The van der Waals surface area contributed by atoms with Crippen LogP contribution in [0.25, 0.3) is 11.0 Å². The topological polar surface area (TPSA) is 54.5 Å². The lowest BCUT2D eigenvalue weighted by Crippen LogP contribution is -1.89. The summed E-state index contributed by atoms with van der Waals surface area (Å²) in [5, 5.41) is 7.64. The van der Waals surface area contributed by atoms with Crippen LogP contribution in [0.5, 0.6) is 0 Å². The molecule has 2 aromatic heterocycles. The van der Waals surface area contributed by atoms with Crippen molar-refractivity contribution in [1.29, 1.82) is 0 Å². The number of hydrogen-bond acceptors (Lipinski definition) is 3. The van der Waals surface area contributed by atoms with E-state index in [4.69, 9.17) is 0 Å². The monoisotopic (exact) mass is 160 g/mol. The van der Waals surface area contributed by atoms with Gasteiger partial charge in [-0.05, 0) is 0 Å². The van der Waals surface area contributed by atoms with Crippen molar-refractivity contribution < 1.29 is 0 Å². The molecule has 0 radical (unpaired) electrons. The first-order valence-corrected chi connectivity index (χ1v) is 3.65. The van der Waals surface area contributed by atoms with Crippen LogP contribution in [0.15, 0.2) is 25.2 Å². The Morgan fingerprint density at radius 2 is 2.42 bits per heavy atom. The quantitative estimate of drug-likeness (QED) is 0.669. The summed E-state index contributed by atoms with van der Waals surface area (Å²) in [5.41, 5.74) is 1.74. The molecule has 0 amide bonds. The highest BCUT2D eigenvalue weighted by molar-refractivity contribution is 5.76. The molecule has 4 heteroatoms. The number of aromatic amines is 1. The van der Waals surface area contributed by atoms with Gasteiger partial charge in [-0.2, -0.15) is 5.10 Å². The summed E-state index contributed by atoms with van der Waals surface area (Å²) in [7, 11) is 0. The smallest absolute Gasteiger partial charge is 0.158 e. The molecule has 2 heterocycles. The van der Waals surface area contributed by atoms with Crippen molar-refractivity contribution >= 4 is 11.0 Å². The van der Waals surface area contributed by atoms with Crippen molar-refractivity contribution in [3.8, 4) is 0 Å². The van der Waals surface area contributed by atoms with E-state index in [1.807, 2.05) is 6.08 Å². The first kappa shape index (κ1) is 6.97. The molecule has 4 nitrogen and oxygen atoms in total. The maximum atomic E-state index is 4.13. The van der Waals surface area contributed by atoms with Gasteiger partial charge in [0.15, 0.2) is 5.65 Å². The SMILES string of the molecule is C=CCc1ncnc2[nH]ncc12. The van der Waals surface area contributed by atoms with E-state index in [9.17, 15) is 0 Å². The third kappa shape index (κ3) is 0.972. The van der Waals surface area contributed by atoms with Crippen LogP contribution in [0.2, 0.25) is 0 Å². The molecule has 12 heavy (non-hydrogen) atoms. The molecule has 0 saturated heterocycles. The maximum absolute atomic E-state index is 4.13. The number of nitrogens with zero attached hydrogens (tertiary/aromatic N) is 3. The lowest BCUT2D eigenvalue weighted by molar-refractivity contribution is 1.07. The van der Waals surface area contributed by atoms with Crippen LogP contribution in [0.3, 0.4) is 0 Å². The standard InChI is InChI=1S/C8H8N4/c1-2-3-7-6-4-11-12-8(6)10-5-9-7/h2,4-5H,1,3H2,(H,9,10,11,12). The van der Waals surface area contributed by atoms with Crippen LogP contribution >= 0.6 is 0 Å². The van der Waals surface area contributed by atoms with Crippen LogP contribution < -0.4 is 0 Å². The molecule has 2 aromatic rings. The highest BCUT2D eigenvalue weighted by Gasteiger charge is 2.01. The van der Waals surface area contributed by atoms with Crippen molar-refractivity contribution in [2.75, 3.05) is 0 Å². The highest BCUT2D eigenvalue weighted by Crippen LogP contribution is 2.11. The van der Waals surface area contributed by atoms with Crippen molar-refractivity contribution in [2.24, 2.45) is 0 Å². The lowest BCUT2D eigenvalue weighted by Gasteiger charge is -1.94. The molecule has 0 spiro atoms. The molecule has 0 bridgehead atoms. The Morgan fingerprint density at radius 1 is 1.50 bits per heavy atom. The second kappa shape index (κ2) is 2.73. The first-order chi connectivity index (χ1) is 5.92. The van der Waals surface area contributed by atoms with Crippen molar-refractivity contribution in [1.82, 2.24) is 20.2 Å². The highest BCUT2D eigenvalue weighted by atomic mass is 15.1. The Bertz CT molecular complexity index is 404. The zero-order valence-corrected chi connectivity index (χ0v) is 6.49. The molecule has 2 rings (SSSR count). The van der Waals surface area contributed by atoms with Gasteiger partial charge in [0, 0.05) is 6.42 Å². The van der Waals surface area contributed by atoms with E-state index in [-0.39, 0.29) is 0 Å². The fourth-order valence-electron chi connectivity index (χ4n) is 1.11. The fourth-order valence-corrected chi connectivity index (χ4v) is 1.11. The van der Waals surface area contributed by atoms with Gasteiger partial charge in [0.1, 0.15) is 6.33 Å². The van der Waals surface area contributed by atoms with Crippen molar-refractivity contribution in [2.45, 2.75) is 6.42 Å². The van der Waals surface area contributed by atoms with E-state index in [2.05, 4.69) is 26.7 Å². The Balaban J connectivity index is 2.65. The number of fused-ring (bicyclic) bond motifs is 1. The average molecular weight is 160 g/mol. The molecule has 0 unspecified atom stereocenters. The predicted molar refractivity (Wildman–Crippen MR) is 45.6 cm³/mol. The van der Waals surface area contributed by atoms with Crippen LogP contribution in [0, 0.1) is 0 Å². The summed E-state index contributed by atoms with van der Waals surface area (Å²) < 4.78 is 0. The molecule has 1 N–H and O–H groups in total. The number of hydrogen-bond donors (Lipinski definition) is 1. The summed E-state index contributed by atoms with van der Waals surface area (Å²) in [5.74, 6) is 0. The van der Waals surface area contributed by atoms with E-state index >= 15 is 0 Å². The predicted octanol–water partition coefficient (Wildman–Crippen LogP) is 1.08. The molecule has 0 saturated carbocycles. The average Bonchev–Trinajstić information content (AvgIpc) is 2.53. The largest absolute Gasteiger partial charge is 0.261 e. The zero-order chi connectivity index (χ0) is 8.39. The minimum atomic E-state index is 0.749. The van der Waals surface area contributed by atoms with Gasteiger partial charge < -0.3 is 0 Å². The minimum Gasteiger partial charge on any atom is -0.261 e. The second-order valence-electron chi connectivity index (χ2n) is 2.45. The maximum Gasteiger partial charge on any atom is 0.158 e. The van der Waals surface area contributed by atoms with Gasteiger partial charge in [-0.25, -0.2) is 9.97 Å². The molecule has 0 aliphatic carbocycles. The molecule has 0 aromatic carbocycles. The zero-order valence-electron chi connectivity index (χ0n) is 6.49. The summed E-state index contributed by atoms with van der Waals surface area (Å²) in [6, 6.07) is 0. The fraction of sp³-hybridized carbons (Fsp3) is 0.125. The van der Waals surface area contributed by atoms with Crippen molar-refractivity contribution in [3.63, 3.8) is 0 Å². The molecular weight excluding hydrogens is 152 g/mol. The number of nitrogens with one attached hydrogen (secondary N) is 1. The second-order valence-corrected chi connectivity index (χ2v) is 2.45. The summed E-state index contributed by atoms with van der Waals surface area (Å²) >= 11 is 0. The minimum absolute atomic E-state index is 0.749. The lowest BCUT2D eigenvalue weighted by atomic mass is 10.2. The molecule has 0 fully saturated rings. The third-order valence-corrected chi connectivity index (χ3v) is 1.67. The molecule has 60 valence electrons. The van der Waals surface area contributed by atoms with E-state index in [1.165, 1.54) is 6.33 Å². The van der Waals surface area contributed by atoms with Crippen molar-refractivity contribution in [3.05, 3.63) is 30.9 Å². The van der Waals surface area contributed by atoms with Gasteiger partial charge in [-0.15, -0.1) is 6.58 Å². The third-order valence-electron chi connectivity index (χ3n) is 1.67. The molecule has 0 aliphatic heterocycles. The van der Waals surface area contributed by atoms with Crippen LogP contribution in [0.1, 0.15) is 5.69 Å². The number of allylic oxidation sites excluding steroid dienone is 1. The van der Waals surface area contributed by atoms with Gasteiger partial charge in [0.05, 0.1) is 17.3 Å². The van der Waals surface area contributed by atoms with E-state index in [1.54, 1.807) is 6.20 Å². The van der Waals surface area contributed by atoms with Gasteiger partial charge in [-0.3, -0.25) is 5.10 Å². The van der Waals surface area contributed by atoms with Crippen LogP contribution in [0.4, 0.5) is 0 Å². The first-order valence-electron chi connectivity index (χ1n) is 3.65. The number of rotatable bonds is 2. The van der Waals surface area contributed by atoms with Gasteiger partial charge in [0.2, 0.25) is 0 Å². The summed E-state index contributed by atoms with van der Waals surface area (Å²) in [6.45, 7) is 3.66. The van der Waals surface area contributed by atoms with Gasteiger partial charge in [0.25, 0.3) is 0 Å². The van der Waals surface area contributed by atoms with Crippen LogP contribution in [-0.4, -0.2) is 20.2 Å². The number of aromatic nitrogens is 4. The summed E-state index contributed by atoms with van der Waals surface area (Å²) in [6.07, 6.45) is 5.82. The Hall–Kier alpha value is -1.71. The molecular formula is C8H8N4. The van der Waals surface area contributed by atoms with E-state index in [0.29, 0.717) is 0 Å². The van der Waals surface area contributed by atoms with Gasteiger partial charge in [-0.1, -0.05) is 6.08 Å². The normalized spacial score (nSPS) is 10.3. The van der Waals surface area contributed by atoms with E-state index in [0.717, 1.165) is 23.1 Å². The molecule has 0 aliphatic rings. The van der Waals surface area contributed by atoms with Crippen LogP contribution in [-0.2, 0) is 6.42 Å². The Kier molecular flexibility index (Phi) is 1.59.